The number of aromatic nitrogens is 1. The molecule has 0 unspecified atom stereocenters. The van der Waals surface area contributed by atoms with Gasteiger partial charge in [-0.1, -0.05) is 18.2 Å². The zero-order valence-corrected chi connectivity index (χ0v) is 21.8. The van der Waals surface area contributed by atoms with Crippen LogP contribution in [-0.2, 0) is 4.74 Å². The fourth-order valence-electron chi connectivity index (χ4n) is 5.25. The van der Waals surface area contributed by atoms with Crippen molar-refractivity contribution >= 4 is 28.6 Å². The number of benzene rings is 2. The number of anilines is 1. The number of hydrogen-bond donors (Lipinski definition) is 1. The first-order chi connectivity index (χ1) is 17.9. The molecule has 2 amide bonds. The molecule has 0 aliphatic heterocycles. The number of ether oxygens (including phenoxy) is 1. The van der Waals surface area contributed by atoms with Crippen LogP contribution in [0.3, 0.4) is 0 Å². The van der Waals surface area contributed by atoms with Crippen LogP contribution in [0.1, 0.15) is 74.8 Å². The van der Waals surface area contributed by atoms with Gasteiger partial charge in [-0.2, -0.15) is 5.26 Å². The van der Waals surface area contributed by atoms with E-state index in [2.05, 4.69) is 16.0 Å². The van der Waals surface area contributed by atoms with Gasteiger partial charge < -0.3 is 14.2 Å². The SMILES string of the molecule is CCN(CC)C(=O)c1ccc2c(C#N)c(-c3ccc(NC(=O)O[C@H](C)C4CC4)cc3)n(C3CCC3)c2c1. The Morgan fingerprint density at radius 1 is 1.11 bits per heavy atom. The zero-order valence-electron chi connectivity index (χ0n) is 21.8. The van der Waals surface area contributed by atoms with E-state index in [0.29, 0.717) is 35.8 Å². The van der Waals surface area contributed by atoms with Gasteiger partial charge in [0.15, 0.2) is 0 Å². The van der Waals surface area contributed by atoms with Crippen molar-refractivity contribution in [1.29, 1.82) is 5.26 Å². The van der Waals surface area contributed by atoms with E-state index >= 15 is 0 Å². The highest BCUT2D eigenvalue weighted by Crippen LogP contribution is 2.43. The number of hydrogen-bond acceptors (Lipinski definition) is 4. The molecule has 1 N–H and O–H groups in total. The average molecular weight is 499 g/mol. The number of nitrogens with zero attached hydrogens (tertiary/aromatic N) is 3. The molecule has 0 bridgehead atoms. The molecule has 7 heteroatoms. The highest BCUT2D eigenvalue weighted by atomic mass is 16.6. The van der Waals surface area contributed by atoms with Crippen LogP contribution in [-0.4, -0.2) is 40.7 Å². The standard InChI is InChI=1S/C30H34N4O3/c1-4-33(5-2)29(35)22-13-16-25-26(18-31)28(34(27(25)17-22)24-7-6-8-24)21-11-14-23(15-12-21)32-30(36)37-19(3)20-9-10-20/h11-17,19-20,24H,4-10H2,1-3H3,(H,32,36)/t19-/m1/s1. The third-order valence-electron chi connectivity index (χ3n) is 7.84. The van der Waals surface area contributed by atoms with Crippen LogP contribution in [0.2, 0.25) is 0 Å². The Labute approximate surface area is 218 Å². The minimum atomic E-state index is -0.446. The molecule has 2 aromatic carbocycles. The topological polar surface area (TPSA) is 87.4 Å². The summed E-state index contributed by atoms with van der Waals surface area (Å²) in [7, 11) is 0. The normalized spacial score (nSPS) is 16.1. The number of carbonyl (C=O) groups is 2. The Hall–Kier alpha value is -3.79. The molecule has 0 saturated heterocycles. The summed E-state index contributed by atoms with van der Waals surface area (Å²) in [4.78, 5) is 27.2. The van der Waals surface area contributed by atoms with Crippen LogP contribution in [0, 0.1) is 17.2 Å². The Morgan fingerprint density at radius 2 is 1.81 bits per heavy atom. The second-order valence-electron chi connectivity index (χ2n) is 10.1. The number of amides is 2. The highest BCUT2D eigenvalue weighted by Gasteiger charge is 2.31. The van der Waals surface area contributed by atoms with Gasteiger partial charge >= 0.3 is 6.09 Å². The van der Waals surface area contributed by atoms with Gasteiger partial charge in [-0.25, -0.2) is 4.79 Å². The van der Waals surface area contributed by atoms with Crippen LogP contribution in [0.5, 0.6) is 0 Å². The maximum atomic E-state index is 13.1. The number of fused-ring (bicyclic) bond motifs is 1. The average Bonchev–Trinajstić information content (AvgIpc) is 3.67. The van der Waals surface area contributed by atoms with E-state index in [1.807, 2.05) is 68.1 Å². The van der Waals surface area contributed by atoms with Crippen LogP contribution in [0.15, 0.2) is 42.5 Å². The summed E-state index contributed by atoms with van der Waals surface area (Å²) in [5, 5.41) is 13.9. The van der Waals surface area contributed by atoms with E-state index < -0.39 is 6.09 Å². The van der Waals surface area contributed by atoms with Crippen LogP contribution >= 0.6 is 0 Å². The van der Waals surface area contributed by atoms with Crippen molar-refractivity contribution in [1.82, 2.24) is 9.47 Å². The van der Waals surface area contributed by atoms with Crippen LogP contribution in [0.4, 0.5) is 10.5 Å². The molecule has 2 saturated carbocycles. The third kappa shape index (κ3) is 4.81. The summed E-state index contributed by atoms with van der Waals surface area (Å²) in [5.41, 5.74) is 4.60. The van der Waals surface area contributed by atoms with E-state index in [1.54, 1.807) is 0 Å². The van der Waals surface area contributed by atoms with Gasteiger partial charge in [0.2, 0.25) is 0 Å². The molecule has 192 valence electrons. The van der Waals surface area contributed by atoms with Gasteiger partial charge in [-0.15, -0.1) is 0 Å². The van der Waals surface area contributed by atoms with Crippen molar-refractivity contribution in [3.05, 3.63) is 53.6 Å². The Bertz CT molecular complexity index is 1360. The lowest BCUT2D eigenvalue weighted by Gasteiger charge is -2.30. The molecular formula is C30H34N4O3. The quantitative estimate of drug-likeness (QED) is 0.373. The van der Waals surface area contributed by atoms with E-state index in [1.165, 1.54) is 0 Å². The lowest BCUT2D eigenvalue weighted by atomic mass is 9.92. The predicted octanol–water partition coefficient (Wildman–Crippen LogP) is 6.73. The van der Waals surface area contributed by atoms with Crippen molar-refractivity contribution in [2.75, 3.05) is 18.4 Å². The van der Waals surface area contributed by atoms with E-state index in [9.17, 15) is 14.9 Å². The summed E-state index contributed by atoms with van der Waals surface area (Å²) in [6.45, 7) is 7.20. The fourth-order valence-corrected chi connectivity index (χ4v) is 5.25. The Balaban J connectivity index is 1.50. The minimum absolute atomic E-state index is 0.00614. The maximum absolute atomic E-state index is 13.1. The summed E-state index contributed by atoms with van der Waals surface area (Å²) < 4.78 is 7.73. The van der Waals surface area contributed by atoms with Gasteiger partial charge in [0, 0.05) is 35.8 Å². The number of carbonyl (C=O) groups excluding carboxylic acids is 2. The molecule has 7 nitrogen and oxygen atoms in total. The molecule has 0 radical (unpaired) electrons. The molecule has 2 fully saturated rings. The molecule has 5 rings (SSSR count). The molecule has 1 atom stereocenters. The van der Waals surface area contributed by atoms with Crippen molar-refractivity contribution in [2.24, 2.45) is 5.92 Å². The minimum Gasteiger partial charge on any atom is -0.446 e. The first kappa shape index (κ1) is 24.9. The maximum Gasteiger partial charge on any atom is 0.411 e. The molecular weight excluding hydrogens is 464 g/mol. The van der Waals surface area contributed by atoms with Gasteiger partial charge in [-0.05, 0) is 88.6 Å². The predicted molar refractivity (Wildman–Crippen MR) is 145 cm³/mol. The van der Waals surface area contributed by atoms with Gasteiger partial charge in [0.05, 0.1) is 16.8 Å². The second kappa shape index (κ2) is 10.3. The van der Waals surface area contributed by atoms with Crippen molar-refractivity contribution < 1.29 is 14.3 Å². The summed E-state index contributed by atoms with van der Waals surface area (Å²) in [6.07, 6.45) is 4.94. The summed E-state index contributed by atoms with van der Waals surface area (Å²) in [6, 6.07) is 16.0. The highest BCUT2D eigenvalue weighted by molar-refractivity contribution is 6.01. The second-order valence-corrected chi connectivity index (χ2v) is 10.1. The molecule has 3 aromatic rings. The lowest BCUT2D eigenvalue weighted by Crippen LogP contribution is -2.30. The zero-order chi connectivity index (χ0) is 26.1. The van der Waals surface area contributed by atoms with Gasteiger partial charge in [0.1, 0.15) is 12.2 Å². The Kier molecular flexibility index (Phi) is 6.92. The molecule has 1 aromatic heterocycles. The van der Waals surface area contributed by atoms with Gasteiger partial charge in [-0.3, -0.25) is 10.1 Å². The van der Waals surface area contributed by atoms with E-state index in [4.69, 9.17) is 4.74 Å². The third-order valence-corrected chi connectivity index (χ3v) is 7.84. The van der Waals surface area contributed by atoms with Crippen molar-refractivity contribution in [2.45, 2.75) is 65.0 Å². The van der Waals surface area contributed by atoms with Crippen molar-refractivity contribution in [3.63, 3.8) is 0 Å². The molecule has 37 heavy (non-hydrogen) atoms. The smallest absolute Gasteiger partial charge is 0.411 e. The number of rotatable bonds is 8. The summed E-state index contributed by atoms with van der Waals surface area (Å²) >= 11 is 0. The number of nitrogens with one attached hydrogen (secondary N) is 1. The van der Waals surface area contributed by atoms with Crippen LogP contribution < -0.4 is 5.32 Å². The first-order valence-corrected chi connectivity index (χ1v) is 13.4. The van der Waals surface area contributed by atoms with Gasteiger partial charge in [0.25, 0.3) is 5.91 Å². The van der Waals surface area contributed by atoms with Crippen LogP contribution in [0.25, 0.3) is 22.2 Å². The Morgan fingerprint density at radius 3 is 2.38 bits per heavy atom. The molecule has 2 aliphatic carbocycles. The summed E-state index contributed by atoms with van der Waals surface area (Å²) in [5.74, 6) is 0.486. The lowest BCUT2D eigenvalue weighted by molar-refractivity contribution is 0.0773. The number of nitriles is 1. The first-order valence-electron chi connectivity index (χ1n) is 13.4. The van der Waals surface area contributed by atoms with Crippen molar-refractivity contribution in [3.8, 4) is 17.3 Å². The largest absolute Gasteiger partial charge is 0.446 e. The molecule has 1 heterocycles. The monoisotopic (exact) mass is 498 g/mol. The van der Waals surface area contributed by atoms with E-state index in [-0.39, 0.29) is 18.1 Å². The fraction of sp³-hybridized carbons (Fsp3) is 0.433. The molecule has 0 spiro atoms. The molecule has 2 aliphatic rings. The van der Waals surface area contributed by atoms with E-state index in [0.717, 1.165) is 54.3 Å².